The molecule has 0 aliphatic carbocycles. The molecule has 0 saturated carbocycles. The summed E-state index contributed by atoms with van der Waals surface area (Å²) in [5.74, 6) is 0.313. The molecule has 1 aliphatic heterocycles. The average Bonchev–Trinajstić information content (AvgIpc) is 3.18. The summed E-state index contributed by atoms with van der Waals surface area (Å²) in [6.45, 7) is 0.896. The fraction of sp³-hybridized carbons (Fsp3) is 0.294. The van der Waals surface area contributed by atoms with Crippen LogP contribution in [0.4, 0.5) is 5.69 Å². The lowest BCUT2D eigenvalue weighted by atomic mass is 10.1. The summed E-state index contributed by atoms with van der Waals surface area (Å²) in [5, 5.41) is 2.92. The van der Waals surface area contributed by atoms with Crippen LogP contribution in [0, 0.1) is 5.92 Å². The van der Waals surface area contributed by atoms with Crippen molar-refractivity contribution in [2.24, 2.45) is 5.92 Å². The van der Waals surface area contributed by atoms with Crippen molar-refractivity contribution in [3.63, 3.8) is 0 Å². The van der Waals surface area contributed by atoms with E-state index in [-0.39, 0.29) is 24.2 Å². The Hall–Kier alpha value is -1.86. The van der Waals surface area contributed by atoms with Gasteiger partial charge in [0.2, 0.25) is 11.8 Å². The van der Waals surface area contributed by atoms with E-state index in [1.54, 1.807) is 23.3 Å². The minimum absolute atomic E-state index is 0.0285. The Kier molecular flexibility index (Phi) is 5.20. The predicted octanol–water partition coefficient (Wildman–Crippen LogP) is 3.19. The van der Waals surface area contributed by atoms with Crippen LogP contribution in [0.15, 0.2) is 40.2 Å². The zero-order valence-electron chi connectivity index (χ0n) is 13.1. The van der Waals surface area contributed by atoms with Gasteiger partial charge in [-0.25, -0.2) is 0 Å². The highest BCUT2D eigenvalue weighted by atomic mass is 79.9. The van der Waals surface area contributed by atoms with E-state index in [1.165, 1.54) is 0 Å². The van der Waals surface area contributed by atoms with Gasteiger partial charge in [0.05, 0.1) is 23.4 Å². The van der Waals surface area contributed by atoms with Gasteiger partial charge in [0.15, 0.2) is 0 Å². The molecule has 0 bridgehead atoms. The van der Waals surface area contributed by atoms with Crippen LogP contribution >= 0.6 is 27.3 Å². The van der Waals surface area contributed by atoms with Crippen molar-refractivity contribution in [1.82, 2.24) is 5.32 Å². The molecule has 1 fully saturated rings. The Bertz CT molecular complexity index is 745. The molecule has 2 aromatic rings. The van der Waals surface area contributed by atoms with Gasteiger partial charge in [0, 0.05) is 23.5 Å². The van der Waals surface area contributed by atoms with Gasteiger partial charge < -0.3 is 15.0 Å². The van der Waals surface area contributed by atoms with E-state index in [0.717, 1.165) is 20.1 Å². The fourth-order valence-corrected chi connectivity index (χ4v) is 4.08. The first-order valence-corrected chi connectivity index (χ1v) is 9.14. The molecule has 1 unspecified atom stereocenters. The molecule has 3 rings (SSSR count). The smallest absolute Gasteiger partial charge is 0.227 e. The number of ether oxygens (including phenoxy) is 1. The highest BCUT2D eigenvalue weighted by molar-refractivity contribution is 9.11. The Morgan fingerprint density at radius 1 is 1.33 bits per heavy atom. The molecule has 2 heterocycles. The number of hydrogen-bond donors (Lipinski definition) is 1. The van der Waals surface area contributed by atoms with Crippen molar-refractivity contribution in [1.29, 1.82) is 0 Å². The Morgan fingerprint density at radius 3 is 2.71 bits per heavy atom. The van der Waals surface area contributed by atoms with E-state index in [4.69, 9.17) is 4.74 Å². The molecule has 0 radical (unpaired) electrons. The molecule has 0 spiro atoms. The molecule has 1 aromatic heterocycles. The quantitative estimate of drug-likeness (QED) is 0.826. The number of rotatable bonds is 5. The van der Waals surface area contributed by atoms with Crippen LogP contribution in [0.25, 0.3) is 0 Å². The largest absolute Gasteiger partial charge is 0.497 e. The van der Waals surface area contributed by atoms with Crippen LogP contribution in [0.5, 0.6) is 5.75 Å². The molecule has 1 saturated heterocycles. The first-order valence-electron chi connectivity index (χ1n) is 7.53. The zero-order chi connectivity index (χ0) is 17.1. The topological polar surface area (TPSA) is 58.6 Å². The molecule has 24 heavy (non-hydrogen) atoms. The van der Waals surface area contributed by atoms with Gasteiger partial charge in [0.25, 0.3) is 0 Å². The van der Waals surface area contributed by atoms with Gasteiger partial charge in [-0.1, -0.05) is 0 Å². The van der Waals surface area contributed by atoms with E-state index >= 15 is 0 Å². The summed E-state index contributed by atoms with van der Waals surface area (Å²) in [4.78, 5) is 27.3. The molecule has 1 aliphatic rings. The summed E-state index contributed by atoms with van der Waals surface area (Å²) in [6, 6.07) is 11.2. The lowest BCUT2D eigenvalue weighted by Gasteiger charge is -2.17. The number of thiophene rings is 1. The van der Waals surface area contributed by atoms with Crippen LogP contribution in [-0.2, 0) is 16.1 Å². The van der Waals surface area contributed by atoms with Gasteiger partial charge in [-0.2, -0.15) is 0 Å². The first kappa shape index (κ1) is 17.0. The van der Waals surface area contributed by atoms with E-state index < -0.39 is 0 Å². The van der Waals surface area contributed by atoms with Crippen LogP contribution in [-0.4, -0.2) is 25.5 Å². The predicted molar refractivity (Wildman–Crippen MR) is 97.3 cm³/mol. The summed E-state index contributed by atoms with van der Waals surface area (Å²) in [6.07, 6.45) is 0.242. The summed E-state index contributed by atoms with van der Waals surface area (Å²) >= 11 is 4.99. The average molecular weight is 409 g/mol. The molecule has 2 amide bonds. The number of methoxy groups -OCH3 is 1. The number of nitrogens with zero attached hydrogens (tertiary/aromatic N) is 1. The molecule has 7 heteroatoms. The zero-order valence-corrected chi connectivity index (χ0v) is 15.5. The first-order chi connectivity index (χ1) is 11.6. The van der Waals surface area contributed by atoms with Crippen LogP contribution in [0.2, 0.25) is 0 Å². The maximum Gasteiger partial charge on any atom is 0.227 e. The van der Waals surface area contributed by atoms with E-state index in [0.29, 0.717) is 13.1 Å². The van der Waals surface area contributed by atoms with Crippen molar-refractivity contribution in [2.75, 3.05) is 18.6 Å². The third kappa shape index (κ3) is 3.79. The second-order valence-corrected chi connectivity index (χ2v) is 8.07. The standard InChI is InChI=1S/C17H17BrN2O3S/c1-23-13-4-2-12(3-5-13)20-10-11(8-16(20)21)17(22)19-9-14-6-7-15(18)24-14/h2-7,11H,8-10H2,1H3,(H,19,22). The van der Waals surface area contributed by atoms with Gasteiger partial charge in [-0.3, -0.25) is 9.59 Å². The number of halogens is 1. The van der Waals surface area contributed by atoms with Crippen LogP contribution < -0.4 is 15.0 Å². The Labute approximate surface area is 152 Å². The molecule has 126 valence electrons. The van der Waals surface area contributed by atoms with E-state index in [2.05, 4.69) is 21.2 Å². The molecule has 1 aromatic carbocycles. The van der Waals surface area contributed by atoms with E-state index in [9.17, 15) is 9.59 Å². The minimum Gasteiger partial charge on any atom is -0.497 e. The lowest BCUT2D eigenvalue weighted by molar-refractivity contribution is -0.126. The number of anilines is 1. The molecule has 1 atom stereocenters. The monoisotopic (exact) mass is 408 g/mol. The minimum atomic E-state index is -0.317. The Balaban J connectivity index is 1.59. The van der Waals surface area contributed by atoms with Gasteiger partial charge in [-0.05, 0) is 52.3 Å². The molecular weight excluding hydrogens is 392 g/mol. The lowest BCUT2D eigenvalue weighted by Crippen LogP contribution is -2.32. The third-order valence-electron chi connectivity index (χ3n) is 3.95. The van der Waals surface area contributed by atoms with E-state index in [1.807, 2.05) is 36.4 Å². The second kappa shape index (κ2) is 7.36. The number of carbonyl (C=O) groups excluding carboxylic acids is 2. The maximum atomic E-state index is 12.3. The van der Waals surface area contributed by atoms with Gasteiger partial charge >= 0.3 is 0 Å². The number of amides is 2. The second-order valence-electron chi connectivity index (χ2n) is 5.53. The third-order valence-corrected chi connectivity index (χ3v) is 5.57. The Morgan fingerprint density at radius 2 is 2.08 bits per heavy atom. The van der Waals surface area contributed by atoms with Gasteiger partial charge in [-0.15, -0.1) is 11.3 Å². The molecular formula is C17H17BrN2O3S. The fourth-order valence-electron chi connectivity index (χ4n) is 2.66. The highest BCUT2D eigenvalue weighted by Gasteiger charge is 2.35. The van der Waals surface area contributed by atoms with Crippen molar-refractivity contribution in [3.05, 3.63) is 45.1 Å². The normalized spacial score (nSPS) is 17.2. The summed E-state index contributed by atoms with van der Waals surface area (Å²) in [7, 11) is 1.60. The SMILES string of the molecule is COc1ccc(N2CC(C(=O)NCc3ccc(Br)s3)CC2=O)cc1. The van der Waals surface area contributed by atoms with Gasteiger partial charge in [0.1, 0.15) is 5.75 Å². The van der Waals surface area contributed by atoms with Crippen LogP contribution in [0.3, 0.4) is 0 Å². The van der Waals surface area contributed by atoms with Crippen molar-refractivity contribution < 1.29 is 14.3 Å². The van der Waals surface area contributed by atoms with Crippen LogP contribution in [0.1, 0.15) is 11.3 Å². The highest BCUT2D eigenvalue weighted by Crippen LogP contribution is 2.27. The summed E-state index contributed by atoms with van der Waals surface area (Å²) in [5.41, 5.74) is 0.790. The number of hydrogen-bond acceptors (Lipinski definition) is 4. The molecule has 1 N–H and O–H groups in total. The van der Waals surface area contributed by atoms with Crippen molar-refractivity contribution in [3.8, 4) is 5.75 Å². The summed E-state index contributed by atoms with van der Waals surface area (Å²) < 4.78 is 6.16. The number of benzene rings is 1. The molecule has 5 nitrogen and oxygen atoms in total. The van der Waals surface area contributed by atoms with Crippen molar-refractivity contribution >= 4 is 44.8 Å². The number of nitrogens with one attached hydrogen (secondary N) is 1. The maximum absolute atomic E-state index is 12.3. The van der Waals surface area contributed by atoms with Crippen molar-refractivity contribution in [2.45, 2.75) is 13.0 Å². The number of carbonyl (C=O) groups is 2.